The zero-order valence-electron chi connectivity index (χ0n) is 20.8. The van der Waals surface area contributed by atoms with Gasteiger partial charge in [0.2, 0.25) is 21.8 Å². The largest absolute Gasteiger partial charge is 0.497 e. The van der Waals surface area contributed by atoms with Crippen LogP contribution in [0.2, 0.25) is 0 Å². The zero-order chi connectivity index (χ0) is 26.7. The van der Waals surface area contributed by atoms with Crippen LogP contribution < -0.4 is 15.4 Å². The maximum Gasteiger partial charge on any atom is 0.243 e. The van der Waals surface area contributed by atoms with Crippen molar-refractivity contribution in [3.63, 3.8) is 0 Å². The summed E-state index contributed by atoms with van der Waals surface area (Å²) in [6, 6.07) is 14.2. The Morgan fingerprint density at radius 1 is 1.00 bits per heavy atom. The van der Waals surface area contributed by atoms with Gasteiger partial charge in [0.25, 0.3) is 0 Å². The number of amides is 2. The van der Waals surface area contributed by atoms with Crippen molar-refractivity contribution in [2.45, 2.75) is 49.3 Å². The summed E-state index contributed by atoms with van der Waals surface area (Å²) in [7, 11) is -1.22. The highest BCUT2D eigenvalue weighted by Gasteiger charge is 2.32. The minimum Gasteiger partial charge on any atom is -0.497 e. The van der Waals surface area contributed by atoms with Gasteiger partial charge in [0.05, 0.1) is 30.3 Å². The van der Waals surface area contributed by atoms with E-state index in [0.29, 0.717) is 5.75 Å². The highest BCUT2D eigenvalue weighted by Crippen LogP contribution is 2.22. The number of hydrogen-bond acceptors (Lipinski definition) is 7. The van der Waals surface area contributed by atoms with E-state index in [-0.39, 0.29) is 43.2 Å². The van der Waals surface area contributed by atoms with Crippen LogP contribution in [0.15, 0.2) is 59.5 Å². The van der Waals surface area contributed by atoms with Crippen LogP contribution in [0.4, 0.5) is 0 Å². The molecule has 10 nitrogen and oxygen atoms in total. The van der Waals surface area contributed by atoms with E-state index < -0.39 is 34.2 Å². The lowest BCUT2D eigenvalue weighted by atomic mass is 10.0. The molecule has 0 aliphatic carbocycles. The van der Waals surface area contributed by atoms with Gasteiger partial charge in [-0.1, -0.05) is 36.4 Å². The van der Waals surface area contributed by atoms with Crippen molar-refractivity contribution < 1.29 is 33.0 Å². The maximum atomic E-state index is 13.4. The van der Waals surface area contributed by atoms with Gasteiger partial charge in [0.1, 0.15) is 5.75 Å². The van der Waals surface area contributed by atoms with Crippen molar-refractivity contribution in [3.05, 3.63) is 60.2 Å². The summed E-state index contributed by atoms with van der Waals surface area (Å²) in [6.45, 7) is 0.805. The van der Waals surface area contributed by atoms with Crippen molar-refractivity contribution in [2.75, 3.05) is 27.2 Å². The molecule has 0 heterocycles. The van der Waals surface area contributed by atoms with E-state index in [4.69, 9.17) is 4.74 Å². The molecular formula is C25H35N3O7S. The molecule has 0 saturated carbocycles. The molecule has 2 unspecified atom stereocenters. The van der Waals surface area contributed by atoms with Gasteiger partial charge in [-0.25, -0.2) is 8.42 Å². The molecule has 0 radical (unpaired) electrons. The van der Waals surface area contributed by atoms with E-state index in [0.717, 1.165) is 9.87 Å². The molecule has 0 spiro atoms. The predicted molar refractivity (Wildman–Crippen MR) is 135 cm³/mol. The molecule has 0 saturated heterocycles. The first kappa shape index (κ1) is 29.2. The Balaban J connectivity index is 2.29. The Morgan fingerprint density at radius 2 is 1.67 bits per heavy atom. The standard InChI is InChI=1S/C25H35N3O7S/c1-18(29)16-28(36(33,34)21-11-7-10-20(15-21)35-3)17-23(30)22(14-19-8-5-4-6-9-19)27-25(32)13-12-24(31)26-2/h4-11,15,18,22-23,29-30H,12-14,16-17H2,1-3H3,(H,26,31)(H,27,32)/t18-,22?,23?/m1/s1. The molecule has 0 aliphatic heterocycles. The molecule has 0 aromatic heterocycles. The van der Waals surface area contributed by atoms with Crippen LogP contribution in [0.5, 0.6) is 5.75 Å². The van der Waals surface area contributed by atoms with Crippen molar-refractivity contribution >= 4 is 21.8 Å². The van der Waals surface area contributed by atoms with Gasteiger partial charge in [-0.05, 0) is 31.0 Å². The number of ether oxygens (including phenoxy) is 1. The number of rotatable bonds is 14. The number of methoxy groups -OCH3 is 1. The number of benzene rings is 2. The minimum atomic E-state index is -4.12. The fourth-order valence-corrected chi connectivity index (χ4v) is 5.17. The Hall–Kier alpha value is -2.99. The third kappa shape index (κ3) is 8.90. The van der Waals surface area contributed by atoms with Gasteiger partial charge >= 0.3 is 0 Å². The normalized spacial score (nSPS) is 14.1. The first-order chi connectivity index (χ1) is 17.1. The van der Waals surface area contributed by atoms with Gasteiger partial charge in [-0.3, -0.25) is 9.59 Å². The molecule has 2 rings (SSSR count). The molecule has 0 fully saturated rings. The molecule has 0 bridgehead atoms. The van der Waals surface area contributed by atoms with Crippen molar-refractivity contribution in [2.24, 2.45) is 0 Å². The summed E-state index contributed by atoms with van der Waals surface area (Å²) in [5, 5.41) is 26.3. The zero-order valence-corrected chi connectivity index (χ0v) is 21.6. The summed E-state index contributed by atoms with van der Waals surface area (Å²) in [5.41, 5.74) is 0.825. The minimum absolute atomic E-state index is 0.0190. The summed E-state index contributed by atoms with van der Waals surface area (Å²) in [4.78, 5) is 24.0. The van der Waals surface area contributed by atoms with Crippen LogP contribution in [-0.4, -0.2) is 80.2 Å². The van der Waals surface area contributed by atoms with Crippen LogP contribution in [0, 0.1) is 0 Å². The Morgan fingerprint density at radius 3 is 2.28 bits per heavy atom. The monoisotopic (exact) mass is 521 g/mol. The third-order valence-electron chi connectivity index (χ3n) is 5.50. The maximum absolute atomic E-state index is 13.4. The average molecular weight is 522 g/mol. The summed E-state index contributed by atoms with van der Waals surface area (Å²) >= 11 is 0. The third-order valence-corrected chi connectivity index (χ3v) is 7.33. The second-order valence-electron chi connectivity index (χ2n) is 8.45. The van der Waals surface area contributed by atoms with Gasteiger partial charge in [0.15, 0.2) is 0 Å². The number of hydrogen-bond donors (Lipinski definition) is 4. The van der Waals surface area contributed by atoms with Crippen molar-refractivity contribution in [1.29, 1.82) is 0 Å². The molecule has 11 heteroatoms. The van der Waals surface area contributed by atoms with E-state index >= 15 is 0 Å². The van der Waals surface area contributed by atoms with Gasteiger partial charge in [-0.2, -0.15) is 4.31 Å². The Labute approximate surface area is 212 Å². The second kappa shape index (κ2) is 13.9. The smallest absolute Gasteiger partial charge is 0.243 e. The topological polar surface area (TPSA) is 145 Å². The van der Waals surface area contributed by atoms with Gasteiger partial charge in [-0.15, -0.1) is 0 Å². The lowest BCUT2D eigenvalue weighted by Crippen LogP contribution is -2.51. The summed E-state index contributed by atoms with van der Waals surface area (Å²) in [5.74, 6) is -0.395. The van der Waals surface area contributed by atoms with Crippen LogP contribution in [-0.2, 0) is 26.0 Å². The van der Waals surface area contributed by atoms with Crippen LogP contribution in [0.25, 0.3) is 0 Å². The molecule has 36 heavy (non-hydrogen) atoms. The number of aliphatic hydroxyl groups is 2. The molecule has 2 aromatic rings. The predicted octanol–water partition coefficient (Wildman–Crippen LogP) is 0.681. The SMILES string of the molecule is CNC(=O)CCC(=O)NC(Cc1ccccc1)C(O)CN(C[C@@H](C)O)S(=O)(=O)c1cccc(OC)c1. The second-order valence-corrected chi connectivity index (χ2v) is 10.4. The number of carbonyl (C=O) groups is 2. The first-order valence-electron chi connectivity index (χ1n) is 11.6. The lowest BCUT2D eigenvalue weighted by molar-refractivity contribution is -0.127. The molecule has 0 aliphatic rings. The molecule has 2 aromatic carbocycles. The lowest BCUT2D eigenvalue weighted by Gasteiger charge is -2.30. The van der Waals surface area contributed by atoms with E-state index in [1.807, 2.05) is 30.3 Å². The number of aliphatic hydroxyl groups excluding tert-OH is 2. The molecular weight excluding hydrogens is 486 g/mol. The Kier molecular flexibility index (Phi) is 11.3. The quantitative estimate of drug-likeness (QED) is 0.286. The van der Waals surface area contributed by atoms with Crippen LogP contribution in [0.3, 0.4) is 0 Å². The van der Waals surface area contributed by atoms with E-state index in [2.05, 4.69) is 10.6 Å². The molecule has 2 amide bonds. The number of carbonyl (C=O) groups excluding carboxylic acids is 2. The summed E-state index contributed by atoms with van der Waals surface area (Å²) < 4.78 is 32.9. The van der Waals surface area contributed by atoms with Gasteiger partial charge < -0.3 is 25.6 Å². The number of nitrogens with zero attached hydrogens (tertiary/aromatic N) is 1. The van der Waals surface area contributed by atoms with Crippen LogP contribution in [0.1, 0.15) is 25.3 Å². The highest BCUT2D eigenvalue weighted by atomic mass is 32.2. The fraction of sp³-hybridized carbons (Fsp3) is 0.440. The number of nitrogens with one attached hydrogen (secondary N) is 2. The van der Waals surface area contributed by atoms with E-state index in [9.17, 15) is 28.2 Å². The summed E-state index contributed by atoms with van der Waals surface area (Å²) in [6.07, 6.45) is -2.19. The van der Waals surface area contributed by atoms with Crippen molar-refractivity contribution in [3.8, 4) is 5.75 Å². The fourth-order valence-electron chi connectivity index (χ4n) is 3.59. The molecule has 3 atom stereocenters. The van der Waals surface area contributed by atoms with Gasteiger partial charge in [0, 0.05) is 39.0 Å². The average Bonchev–Trinajstić information content (AvgIpc) is 2.86. The van der Waals surface area contributed by atoms with Crippen LogP contribution >= 0.6 is 0 Å². The highest BCUT2D eigenvalue weighted by molar-refractivity contribution is 7.89. The van der Waals surface area contributed by atoms with Crippen molar-refractivity contribution in [1.82, 2.24) is 14.9 Å². The van der Waals surface area contributed by atoms with E-state index in [1.165, 1.54) is 39.3 Å². The number of sulfonamides is 1. The molecule has 198 valence electrons. The first-order valence-corrected chi connectivity index (χ1v) is 13.0. The molecule has 4 N–H and O–H groups in total. The Bertz CT molecular complexity index is 1090. The van der Waals surface area contributed by atoms with E-state index in [1.54, 1.807) is 6.07 Å².